The molecule has 0 spiro atoms. The first-order valence-electron chi connectivity index (χ1n) is 10.8. The van der Waals surface area contributed by atoms with E-state index >= 15 is 0 Å². The fourth-order valence-corrected chi connectivity index (χ4v) is 4.81. The van der Waals surface area contributed by atoms with Crippen molar-refractivity contribution in [3.8, 4) is 11.4 Å². The number of thioether (sulfide) groups is 1. The topological polar surface area (TPSA) is 73.2 Å². The van der Waals surface area contributed by atoms with E-state index in [1.807, 2.05) is 56.3 Å². The van der Waals surface area contributed by atoms with E-state index in [2.05, 4.69) is 5.32 Å². The lowest BCUT2D eigenvalue weighted by molar-refractivity contribution is -0.120. The van der Waals surface area contributed by atoms with Gasteiger partial charge in [0, 0.05) is 6.04 Å². The number of nitrogens with zero attached hydrogens (tertiary/aromatic N) is 2. The van der Waals surface area contributed by atoms with Crippen molar-refractivity contribution < 1.29 is 9.53 Å². The number of hydrogen-bond donors (Lipinski definition) is 1. The van der Waals surface area contributed by atoms with Crippen molar-refractivity contribution in [2.45, 2.75) is 56.0 Å². The van der Waals surface area contributed by atoms with Crippen LogP contribution in [-0.4, -0.2) is 33.4 Å². The number of ether oxygens (including phenoxy) is 1. The van der Waals surface area contributed by atoms with Crippen LogP contribution in [0.1, 0.15) is 39.5 Å². The van der Waals surface area contributed by atoms with Gasteiger partial charge in [0.05, 0.1) is 28.4 Å². The second-order valence-electron chi connectivity index (χ2n) is 7.73. The third-order valence-corrected chi connectivity index (χ3v) is 6.56. The number of para-hydroxylation sites is 1. The third kappa shape index (κ3) is 4.77. The molecule has 0 bridgehead atoms. The van der Waals surface area contributed by atoms with Gasteiger partial charge in [0.1, 0.15) is 5.75 Å². The molecule has 4 rings (SSSR count). The van der Waals surface area contributed by atoms with Crippen molar-refractivity contribution in [3.05, 3.63) is 58.9 Å². The van der Waals surface area contributed by atoms with Crippen LogP contribution in [0.15, 0.2) is 58.5 Å². The SMILES string of the molecule is CCOc1ccc(-n2c(S[C@@H](C)C(=O)NC3CCCC3)nc3ccccc3c2=O)cc1. The summed E-state index contributed by atoms with van der Waals surface area (Å²) in [6, 6.07) is 14.9. The molecule has 0 saturated heterocycles. The minimum absolute atomic E-state index is 0.0162. The Morgan fingerprint density at radius 1 is 1.19 bits per heavy atom. The Balaban J connectivity index is 1.70. The van der Waals surface area contributed by atoms with Gasteiger partial charge in [-0.1, -0.05) is 36.7 Å². The molecule has 7 heteroatoms. The highest BCUT2D eigenvalue weighted by Gasteiger charge is 2.23. The molecule has 162 valence electrons. The maximum Gasteiger partial charge on any atom is 0.266 e. The second-order valence-corrected chi connectivity index (χ2v) is 9.04. The van der Waals surface area contributed by atoms with Crippen LogP contribution in [0.5, 0.6) is 5.75 Å². The molecule has 1 aliphatic carbocycles. The lowest BCUT2D eigenvalue weighted by Crippen LogP contribution is -2.38. The van der Waals surface area contributed by atoms with Crippen molar-refractivity contribution >= 4 is 28.6 Å². The van der Waals surface area contributed by atoms with Gasteiger partial charge in [-0.05, 0) is 63.1 Å². The number of fused-ring (bicyclic) bond motifs is 1. The summed E-state index contributed by atoms with van der Waals surface area (Å²) in [5, 5.41) is 3.81. The number of hydrogen-bond acceptors (Lipinski definition) is 5. The molecule has 0 unspecified atom stereocenters. The largest absolute Gasteiger partial charge is 0.494 e. The van der Waals surface area contributed by atoms with Crippen molar-refractivity contribution in [2.75, 3.05) is 6.61 Å². The normalized spacial score (nSPS) is 15.2. The molecule has 1 aromatic heterocycles. The summed E-state index contributed by atoms with van der Waals surface area (Å²) in [6.45, 7) is 4.36. The number of amides is 1. The van der Waals surface area contributed by atoms with Gasteiger partial charge in [-0.15, -0.1) is 0 Å². The van der Waals surface area contributed by atoms with Crippen LogP contribution >= 0.6 is 11.8 Å². The van der Waals surface area contributed by atoms with E-state index in [4.69, 9.17) is 9.72 Å². The lowest BCUT2D eigenvalue weighted by Gasteiger charge is -2.18. The Morgan fingerprint density at radius 2 is 1.90 bits per heavy atom. The number of benzene rings is 2. The molecule has 1 atom stereocenters. The van der Waals surface area contributed by atoms with E-state index in [1.165, 1.54) is 11.8 Å². The van der Waals surface area contributed by atoms with E-state index in [1.54, 1.807) is 10.6 Å². The summed E-state index contributed by atoms with van der Waals surface area (Å²) in [4.78, 5) is 30.9. The van der Waals surface area contributed by atoms with Crippen molar-refractivity contribution in [3.63, 3.8) is 0 Å². The Labute approximate surface area is 186 Å². The van der Waals surface area contributed by atoms with Gasteiger partial charge in [0.2, 0.25) is 5.91 Å². The first-order chi connectivity index (χ1) is 15.1. The fraction of sp³-hybridized carbons (Fsp3) is 0.375. The quantitative estimate of drug-likeness (QED) is 0.440. The van der Waals surface area contributed by atoms with Gasteiger partial charge in [-0.2, -0.15) is 0 Å². The molecule has 2 aromatic carbocycles. The first-order valence-corrected chi connectivity index (χ1v) is 11.7. The smallest absolute Gasteiger partial charge is 0.266 e. The highest BCUT2D eigenvalue weighted by atomic mass is 32.2. The number of aromatic nitrogens is 2. The van der Waals surface area contributed by atoms with E-state index < -0.39 is 0 Å². The minimum Gasteiger partial charge on any atom is -0.494 e. The van der Waals surface area contributed by atoms with Crippen LogP contribution < -0.4 is 15.6 Å². The predicted octanol–water partition coefficient (Wildman–Crippen LogP) is 4.32. The minimum atomic E-state index is -0.373. The van der Waals surface area contributed by atoms with Crippen LogP contribution in [0, 0.1) is 0 Å². The molecule has 1 N–H and O–H groups in total. The highest BCUT2D eigenvalue weighted by Crippen LogP contribution is 2.27. The molecule has 1 fully saturated rings. The molecule has 1 amide bonds. The van der Waals surface area contributed by atoms with Gasteiger partial charge < -0.3 is 10.1 Å². The zero-order chi connectivity index (χ0) is 21.8. The summed E-state index contributed by atoms with van der Waals surface area (Å²) in [5.41, 5.74) is 1.17. The standard InChI is InChI=1S/C24H27N3O3S/c1-3-30-19-14-12-18(13-15-19)27-23(29)20-10-6-7-11-21(20)26-24(27)31-16(2)22(28)25-17-8-4-5-9-17/h6-7,10-17H,3-5,8-9H2,1-2H3,(H,25,28)/t16-/m0/s1. The fourth-order valence-electron chi connectivity index (χ4n) is 3.88. The van der Waals surface area contributed by atoms with Gasteiger partial charge >= 0.3 is 0 Å². The Bertz CT molecular complexity index is 1120. The van der Waals surface area contributed by atoms with Crippen molar-refractivity contribution in [1.29, 1.82) is 0 Å². The summed E-state index contributed by atoms with van der Waals surface area (Å²) in [5.74, 6) is 0.726. The maximum atomic E-state index is 13.4. The highest BCUT2D eigenvalue weighted by molar-refractivity contribution is 8.00. The lowest BCUT2D eigenvalue weighted by atomic mass is 10.2. The van der Waals surface area contributed by atoms with Crippen LogP contribution in [0.25, 0.3) is 16.6 Å². The molecule has 1 heterocycles. The summed E-state index contributed by atoms with van der Waals surface area (Å²) < 4.78 is 7.11. The third-order valence-electron chi connectivity index (χ3n) is 5.50. The van der Waals surface area contributed by atoms with Crippen LogP contribution in [-0.2, 0) is 4.79 Å². The molecule has 6 nitrogen and oxygen atoms in total. The predicted molar refractivity (Wildman–Crippen MR) is 124 cm³/mol. The Morgan fingerprint density at radius 3 is 2.61 bits per heavy atom. The average Bonchev–Trinajstić information content (AvgIpc) is 3.28. The van der Waals surface area contributed by atoms with Crippen LogP contribution in [0.4, 0.5) is 0 Å². The van der Waals surface area contributed by atoms with Crippen molar-refractivity contribution in [2.24, 2.45) is 0 Å². The van der Waals surface area contributed by atoms with Gasteiger partial charge in [0.25, 0.3) is 5.56 Å². The number of rotatable bonds is 7. The Kier molecular flexibility index (Phi) is 6.61. The molecule has 31 heavy (non-hydrogen) atoms. The Hall–Kier alpha value is -2.80. The van der Waals surface area contributed by atoms with E-state index in [0.717, 1.165) is 31.4 Å². The summed E-state index contributed by atoms with van der Waals surface area (Å²) >= 11 is 1.31. The van der Waals surface area contributed by atoms with Gasteiger partial charge in [-0.3, -0.25) is 14.2 Å². The van der Waals surface area contributed by atoms with Crippen molar-refractivity contribution in [1.82, 2.24) is 14.9 Å². The monoisotopic (exact) mass is 437 g/mol. The summed E-state index contributed by atoms with van der Waals surface area (Å²) in [6.07, 6.45) is 4.40. The van der Waals surface area contributed by atoms with Crippen LogP contribution in [0.2, 0.25) is 0 Å². The van der Waals surface area contributed by atoms with E-state index in [9.17, 15) is 9.59 Å². The molecule has 1 saturated carbocycles. The van der Waals surface area contributed by atoms with Crippen LogP contribution in [0.3, 0.4) is 0 Å². The average molecular weight is 438 g/mol. The number of carbonyl (C=O) groups is 1. The van der Waals surface area contributed by atoms with Gasteiger partial charge in [-0.25, -0.2) is 4.98 Å². The zero-order valence-corrected chi connectivity index (χ0v) is 18.7. The molecule has 1 aliphatic rings. The first kappa shape index (κ1) is 21.4. The molecule has 0 radical (unpaired) electrons. The van der Waals surface area contributed by atoms with E-state index in [-0.39, 0.29) is 22.8 Å². The number of nitrogens with one attached hydrogen (secondary N) is 1. The zero-order valence-electron chi connectivity index (χ0n) is 17.8. The molecular formula is C24H27N3O3S. The summed E-state index contributed by atoms with van der Waals surface area (Å²) in [7, 11) is 0. The van der Waals surface area contributed by atoms with Gasteiger partial charge in [0.15, 0.2) is 5.16 Å². The van der Waals surface area contributed by atoms with E-state index in [0.29, 0.717) is 28.4 Å². The number of carbonyl (C=O) groups excluding carboxylic acids is 1. The molecule has 0 aliphatic heterocycles. The molecule has 3 aromatic rings. The second kappa shape index (κ2) is 9.56. The maximum absolute atomic E-state index is 13.4. The molecular weight excluding hydrogens is 410 g/mol.